The van der Waals surface area contributed by atoms with Gasteiger partial charge in [0, 0.05) is 23.7 Å². The van der Waals surface area contributed by atoms with Crippen LogP contribution in [0.15, 0.2) is 18.2 Å². The van der Waals surface area contributed by atoms with Crippen LogP contribution in [-0.4, -0.2) is 19.7 Å². The van der Waals surface area contributed by atoms with E-state index < -0.39 is 0 Å². The molecule has 0 unspecified atom stereocenters. The third kappa shape index (κ3) is 2.39. The maximum absolute atomic E-state index is 11.0. The number of hydrogen-bond donors (Lipinski definition) is 1. The molecule has 2 N–H and O–H groups in total. The lowest BCUT2D eigenvalue weighted by Gasteiger charge is -2.10. The predicted octanol–water partition coefficient (Wildman–Crippen LogP) is 2.03. The summed E-state index contributed by atoms with van der Waals surface area (Å²) in [5.74, 6) is 1.32. The van der Waals surface area contributed by atoms with E-state index in [1.807, 2.05) is 17.6 Å². The van der Waals surface area contributed by atoms with Crippen LogP contribution in [0, 0.1) is 17.0 Å². The first-order valence-corrected chi connectivity index (χ1v) is 6.46. The molecule has 106 valence electrons. The molecule has 1 aromatic heterocycles. The molecule has 0 amide bonds. The number of aromatic nitrogens is 3. The molecular weight excluding hydrogens is 258 g/mol. The summed E-state index contributed by atoms with van der Waals surface area (Å²) in [4.78, 5) is 10.6. The lowest BCUT2D eigenvalue weighted by atomic mass is 10.1. The van der Waals surface area contributed by atoms with Gasteiger partial charge >= 0.3 is 0 Å². The fourth-order valence-electron chi connectivity index (χ4n) is 2.21. The Bertz CT molecular complexity index is 636. The number of nitro groups is 1. The molecule has 0 radical (unpaired) electrons. The van der Waals surface area contributed by atoms with Gasteiger partial charge in [0.25, 0.3) is 5.69 Å². The van der Waals surface area contributed by atoms with Gasteiger partial charge in [0.05, 0.1) is 11.5 Å². The Kier molecular flexibility index (Phi) is 4.09. The molecule has 0 aliphatic carbocycles. The zero-order valence-corrected chi connectivity index (χ0v) is 11.5. The zero-order chi connectivity index (χ0) is 14.7. The summed E-state index contributed by atoms with van der Waals surface area (Å²) in [6.45, 7) is 4.79. The van der Waals surface area contributed by atoms with Crippen molar-refractivity contribution in [2.45, 2.75) is 33.4 Å². The largest absolute Gasteiger partial charge is 0.324 e. The normalized spacial score (nSPS) is 10.8. The van der Waals surface area contributed by atoms with E-state index in [2.05, 4.69) is 10.2 Å². The van der Waals surface area contributed by atoms with Gasteiger partial charge in [-0.05, 0) is 13.3 Å². The summed E-state index contributed by atoms with van der Waals surface area (Å²) >= 11 is 0. The molecule has 0 saturated carbocycles. The van der Waals surface area contributed by atoms with E-state index in [1.165, 1.54) is 6.07 Å². The monoisotopic (exact) mass is 275 g/mol. The molecule has 7 nitrogen and oxygen atoms in total. The Balaban J connectivity index is 2.60. The van der Waals surface area contributed by atoms with Gasteiger partial charge in [-0.1, -0.05) is 19.1 Å². The molecule has 1 heterocycles. The minimum atomic E-state index is -0.386. The lowest BCUT2D eigenvalue weighted by Crippen LogP contribution is -2.10. The van der Waals surface area contributed by atoms with Crippen molar-refractivity contribution >= 4 is 5.69 Å². The van der Waals surface area contributed by atoms with Crippen molar-refractivity contribution in [3.05, 3.63) is 39.7 Å². The Morgan fingerprint density at radius 1 is 1.40 bits per heavy atom. The zero-order valence-electron chi connectivity index (χ0n) is 11.5. The highest BCUT2D eigenvalue weighted by atomic mass is 16.6. The van der Waals surface area contributed by atoms with Gasteiger partial charge in [0.1, 0.15) is 5.82 Å². The van der Waals surface area contributed by atoms with Crippen molar-refractivity contribution in [3.8, 4) is 11.4 Å². The lowest BCUT2D eigenvalue weighted by molar-refractivity contribution is -0.385. The summed E-state index contributed by atoms with van der Waals surface area (Å²) in [5, 5.41) is 19.2. The van der Waals surface area contributed by atoms with Crippen LogP contribution >= 0.6 is 0 Å². The van der Waals surface area contributed by atoms with Crippen molar-refractivity contribution in [2.75, 3.05) is 0 Å². The molecule has 0 atom stereocenters. The van der Waals surface area contributed by atoms with E-state index in [9.17, 15) is 10.1 Å². The van der Waals surface area contributed by atoms with Gasteiger partial charge in [0.15, 0.2) is 5.82 Å². The van der Waals surface area contributed by atoms with E-state index in [1.54, 1.807) is 13.0 Å². The van der Waals surface area contributed by atoms with Crippen LogP contribution in [0.2, 0.25) is 0 Å². The van der Waals surface area contributed by atoms with Crippen LogP contribution in [0.5, 0.6) is 0 Å². The Morgan fingerprint density at radius 2 is 2.15 bits per heavy atom. The standard InChI is InChI=1S/C13H17N5O2/c1-3-7-17-12(8-14)15-16-13(17)10-5-4-6-11(9(10)2)18(19)20/h4-6H,3,7-8,14H2,1-2H3. The fourth-order valence-corrected chi connectivity index (χ4v) is 2.21. The molecule has 2 rings (SSSR count). The van der Waals surface area contributed by atoms with Gasteiger partial charge in [-0.2, -0.15) is 0 Å². The van der Waals surface area contributed by atoms with Crippen LogP contribution in [0.1, 0.15) is 24.7 Å². The average molecular weight is 275 g/mol. The van der Waals surface area contributed by atoms with Crippen molar-refractivity contribution < 1.29 is 4.92 Å². The first kappa shape index (κ1) is 14.1. The summed E-state index contributed by atoms with van der Waals surface area (Å²) in [5.41, 5.74) is 7.05. The van der Waals surface area contributed by atoms with Gasteiger partial charge in [0.2, 0.25) is 0 Å². The quantitative estimate of drug-likeness (QED) is 0.664. The molecule has 0 fully saturated rings. The van der Waals surface area contributed by atoms with Crippen LogP contribution in [0.25, 0.3) is 11.4 Å². The van der Waals surface area contributed by atoms with Gasteiger partial charge in [-0.3, -0.25) is 10.1 Å². The molecule has 1 aromatic carbocycles. The van der Waals surface area contributed by atoms with Crippen molar-refractivity contribution in [2.24, 2.45) is 5.73 Å². The second-order valence-corrected chi connectivity index (χ2v) is 4.50. The van der Waals surface area contributed by atoms with Crippen molar-refractivity contribution in [3.63, 3.8) is 0 Å². The molecule has 20 heavy (non-hydrogen) atoms. The van der Waals surface area contributed by atoms with Crippen LogP contribution in [0.4, 0.5) is 5.69 Å². The summed E-state index contributed by atoms with van der Waals surface area (Å²) in [7, 11) is 0. The number of nitrogens with zero attached hydrogens (tertiary/aromatic N) is 4. The highest BCUT2D eigenvalue weighted by Crippen LogP contribution is 2.29. The van der Waals surface area contributed by atoms with E-state index in [0.29, 0.717) is 23.8 Å². The van der Waals surface area contributed by atoms with Gasteiger partial charge in [-0.15, -0.1) is 10.2 Å². The molecule has 0 spiro atoms. The van der Waals surface area contributed by atoms with Crippen LogP contribution < -0.4 is 5.73 Å². The Hall–Kier alpha value is -2.28. The highest BCUT2D eigenvalue weighted by molar-refractivity contribution is 5.66. The second-order valence-electron chi connectivity index (χ2n) is 4.50. The Morgan fingerprint density at radius 3 is 2.75 bits per heavy atom. The summed E-state index contributed by atoms with van der Waals surface area (Å²) in [6, 6.07) is 4.97. The van der Waals surface area contributed by atoms with Gasteiger partial charge < -0.3 is 10.3 Å². The molecule has 7 heteroatoms. The van der Waals surface area contributed by atoms with Crippen molar-refractivity contribution in [1.29, 1.82) is 0 Å². The highest BCUT2D eigenvalue weighted by Gasteiger charge is 2.19. The molecular formula is C13H17N5O2. The fraction of sp³-hybridized carbons (Fsp3) is 0.385. The average Bonchev–Trinajstić information content (AvgIpc) is 2.82. The van der Waals surface area contributed by atoms with E-state index in [4.69, 9.17) is 5.73 Å². The SMILES string of the molecule is CCCn1c(CN)nnc1-c1cccc([N+](=O)[O-])c1C. The van der Waals surface area contributed by atoms with E-state index in [0.717, 1.165) is 18.5 Å². The smallest absolute Gasteiger partial charge is 0.273 e. The Labute approximate surface area is 116 Å². The molecule has 0 bridgehead atoms. The third-order valence-electron chi connectivity index (χ3n) is 3.20. The minimum Gasteiger partial charge on any atom is -0.324 e. The predicted molar refractivity (Wildman–Crippen MR) is 75.0 cm³/mol. The second kappa shape index (κ2) is 5.79. The first-order valence-electron chi connectivity index (χ1n) is 6.46. The van der Waals surface area contributed by atoms with Gasteiger partial charge in [-0.25, -0.2) is 0 Å². The van der Waals surface area contributed by atoms with Crippen LogP contribution in [0.3, 0.4) is 0 Å². The minimum absolute atomic E-state index is 0.0860. The summed E-state index contributed by atoms with van der Waals surface area (Å²) in [6.07, 6.45) is 0.909. The topological polar surface area (TPSA) is 99.9 Å². The number of hydrogen-bond acceptors (Lipinski definition) is 5. The number of nitro benzene ring substituents is 1. The molecule has 0 aliphatic rings. The molecule has 0 saturated heterocycles. The number of benzene rings is 1. The summed E-state index contributed by atoms with van der Waals surface area (Å²) < 4.78 is 1.92. The van der Waals surface area contributed by atoms with Crippen molar-refractivity contribution in [1.82, 2.24) is 14.8 Å². The maximum Gasteiger partial charge on any atom is 0.273 e. The van der Waals surface area contributed by atoms with E-state index in [-0.39, 0.29) is 10.6 Å². The van der Waals surface area contributed by atoms with E-state index >= 15 is 0 Å². The third-order valence-corrected chi connectivity index (χ3v) is 3.20. The molecule has 2 aromatic rings. The number of rotatable bonds is 5. The van der Waals surface area contributed by atoms with Crippen LogP contribution in [-0.2, 0) is 13.1 Å². The molecule has 0 aliphatic heterocycles. The first-order chi connectivity index (χ1) is 9.60. The maximum atomic E-state index is 11.0. The number of nitrogens with two attached hydrogens (primary N) is 1.